The number of carbonyl (C=O) groups excluding carboxylic acids is 1. The summed E-state index contributed by atoms with van der Waals surface area (Å²) in [7, 11) is -1.64. The van der Waals surface area contributed by atoms with Crippen molar-refractivity contribution in [2.24, 2.45) is 0 Å². The Kier molecular flexibility index (Phi) is 4.67. The molecule has 2 aromatic rings. The topological polar surface area (TPSA) is 75.7 Å². The van der Waals surface area contributed by atoms with E-state index in [1.165, 1.54) is 4.31 Å². The van der Waals surface area contributed by atoms with Gasteiger partial charge in [-0.25, -0.2) is 8.42 Å². The SMILES string of the molecule is COc1ccc(C(=O)Nc2ccc(N3CCCS3(=O)=O)cc2C)cc1. The molecule has 1 saturated heterocycles. The Morgan fingerprint density at radius 2 is 1.88 bits per heavy atom. The molecule has 7 heteroatoms. The fourth-order valence-electron chi connectivity index (χ4n) is 2.81. The second-order valence-corrected chi connectivity index (χ2v) is 7.94. The number of amides is 1. The number of anilines is 2. The number of ether oxygens (including phenoxy) is 1. The van der Waals surface area contributed by atoms with Crippen LogP contribution in [0.5, 0.6) is 5.75 Å². The van der Waals surface area contributed by atoms with Crippen LogP contribution in [0.4, 0.5) is 11.4 Å². The summed E-state index contributed by atoms with van der Waals surface area (Å²) in [5.74, 6) is 0.637. The average molecular weight is 360 g/mol. The number of sulfonamides is 1. The lowest BCUT2D eigenvalue weighted by Gasteiger charge is -2.18. The van der Waals surface area contributed by atoms with Gasteiger partial charge in [-0.2, -0.15) is 0 Å². The number of nitrogens with one attached hydrogen (secondary N) is 1. The van der Waals surface area contributed by atoms with Crippen LogP contribution in [-0.2, 0) is 10.0 Å². The van der Waals surface area contributed by atoms with Crippen LogP contribution < -0.4 is 14.4 Å². The highest BCUT2D eigenvalue weighted by Gasteiger charge is 2.28. The predicted molar refractivity (Wildman–Crippen MR) is 97.9 cm³/mol. The monoisotopic (exact) mass is 360 g/mol. The number of hydrogen-bond donors (Lipinski definition) is 1. The van der Waals surface area contributed by atoms with Crippen molar-refractivity contribution in [2.75, 3.05) is 29.0 Å². The van der Waals surface area contributed by atoms with Gasteiger partial charge in [0, 0.05) is 17.8 Å². The minimum absolute atomic E-state index is 0.183. The minimum atomic E-state index is -3.21. The molecule has 1 amide bonds. The van der Waals surface area contributed by atoms with Gasteiger partial charge in [-0.15, -0.1) is 0 Å². The van der Waals surface area contributed by atoms with E-state index in [0.717, 1.165) is 5.56 Å². The second kappa shape index (κ2) is 6.76. The van der Waals surface area contributed by atoms with Gasteiger partial charge in [-0.3, -0.25) is 9.10 Å². The fourth-order valence-corrected chi connectivity index (χ4v) is 4.37. The zero-order valence-electron chi connectivity index (χ0n) is 14.2. The molecule has 3 rings (SSSR count). The molecule has 1 N–H and O–H groups in total. The van der Waals surface area contributed by atoms with E-state index in [4.69, 9.17) is 4.74 Å². The van der Waals surface area contributed by atoms with Gasteiger partial charge in [0.1, 0.15) is 5.75 Å². The van der Waals surface area contributed by atoms with E-state index < -0.39 is 10.0 Å². The first kappa shape index (κ1) is 17.3. The summed E-state index contributed by atoms with van der Waals surface area (Å²) in [5, 5.41) is 2.85. The van der Waals surface area contributed by atoms with Crippen LogP contribution in [0.2, 0.25) is 0 Å². The van der Waals surface area contributed by atoms with Crippen molar-refractivity contribution < 1.29 is 17.9 Å². The first-order chi connectivity index (χ1) is 11.9. The molecule has 1 heterocycles. The minimum Gasteiger partial charge on any atom is -0.497 e. The van der Waals surface area contributed by atoms with Gasteiger partial charge < -0.3 is 10.1 Å². The van der Waals surface area contributed by atoms with E-state index in [1.54, 1.807) is 49.6 Å². The molecule has 0 radical (unpaired) electrons. The Balaban J connectivity index is 1.78. The highest BCUT2D eigenvalue weighted by atomic mass is 32.2. The Morgan fingerprint density at radius 1 is 1.16 bits per heavy atom. The van der Waals surface area contributed by atoms with Gasteiger partial charge in [0.2, 0.25) is 10.0 Å². The molecule has 132 valence electrons. The summed E-state index contributed by atoms with van der Waals surface area (Å²) < 4.78 is 30.5. The maximum absolute atomic E-state index is 12.4. The second-order valence-electron chi connectivity index (χ2n) is 5.92. The molecule has 0 saturated carbocycles. The lowest BCUT2D eigenvalue weighted by molar-refractivity contribution is 0.102. The van der Waals surface area contributed by atoms with Gasteiger partial charge in [-0.05, 0) is 61.4 Å². The number of benzene rings is 2. The van der Waals surface area contributed by atoms with Crippen molar-refractivity contribution in [1.29, 1.82) is 0 Å². The molecule has 2 aromatic carbocycles. The third-order valence-electron chi connectivity index (χ3n) is 4.20. The Bertz CT molecular complexity index is 892. The van der Waals surface area contributed by atoms with Crippen LogP contribution in [0.25, 0.3) is 0 Å². The zero-order valence-corrected chi connectivity index (χ0v) is 15.0. The first-order valence-electron chi connectivity index (χ1n) is 7.97. The molecule has 0 aliphatic carbocycles. The molecular formula is C18H20N2O4S. The fraction of sp³-hybridized carbons (Fsp3) is 0.278. The standard InChI is InChI=1S/C18H20N2O4S/c1-13-12-15(20-10-3-11-25(20,22)23)6-9-17(13)19-18(21)14-4-7-16(24-2)8-5-14/h4-9,12H,3,10-11H2,1-2H3,(H,19,21). The molecule has 25 heavy (non-hydrogen) atoms. The van der Waals surface area contributed by atoms with E-state index in [0.29, 0.717) is 35.7 Å². The highest BCUT2D eigenvalue weighted by molar-refractivity contribution is 7.93. The van der Waals surface area contributed by atoms with E-state index in [9.17, 15) is 13.2 Å². The number of nitrogens with zero attached hydrogens (tertiary/aromatic N) is 1. The van der Waals surface area contributed by atoms with Gasteiger partial charge in [-0.1, -0.05) is 0 Å². The van der Waals surface area contributed by atoms with Crippen LogP contribution in [0.1, 0.15) is 22.3 Å². The summed E-state index contributed by atoms with van der Waals surface area (Å²) in [4.78, 5) is 12.4. The smallest absolute Gasteiger partial charge is 0.255 e. The van der Waals surface area contributed by atoms with Crippen molar-refractivity contribution in [3.63, 3.8) is 0 Å². The summed E-state index contributed by atoms with van der Waals surface area (Å²) in [6.45, 7) is 2.34. The van der Waals surface area contributed by atoms with Gasteiger partial charge in [0.15, 0.2) is 0 Å². The van der Waals surface area contributed by atoms with Gasteiger partial charge in [0.05, 0.1) is 18.6 Å². The van der Waals surface area contributed by atoms with E-state index >= 15 is 0 Å². The normalized spacial score (nSPS) is 15.8. The van der Waals surface area contributed by atoms with Crippen molar-refractivity contribution in [3.8, 4) is 5.75 Å². The van der Waals surface area contributed by atoms with E-state index in [1.807, 2.05) is 6.92 Å². The lowest BCUT2D eigenvalue weighted by atomic mass is 10.1. The molecule has 0 bridgehead atoms. The number of carbonyl (C=O) groups is 1. The van der Waals surface area contributed by atoms with Crippen LogP contribution in [0, 0.1) is 6.92 Å². The van der Waals surface area contributed by atoms with Crippen LogP contribution in [0.15, 0.2) is 42.5 Å². The Labute approximate surface area is 147 Å². The molecular weight excluding hydrogens is 340 g/mol. The molecule has 0 unspecified atom stereocenters. The summed E-state index contributed by atoms with van der Waals surface area (Å²) in [6.07, 6.45) is 0.636. The number of aryl methyl sites for hydroxylation is 1. The number of hydrogen-bond acceptors (Lipinski definition) is 4. The maximum Gasteiger partial charge on any atom is 0.255 e. The van der Waals surface area contributed by atoms with Crippen molar-refractivity contribution >= 4 is 27.3 Å². The molecule has 1 fully saturated rings. The quantitative estimate of drug-likeness (QED) is 0.910. The number of methoxy groups -OCH3 is 1. The summed E-state index contributed by atoms with van der Waals surface area (Å²) in [5.41, 5.74) is 2.62. The van der Waals surface area contributed by atoms with E-state index in [2.05, 4.69) is 5.32 Å². The zero-order chi connectivity index (χ0) is 18.0. The van der Waals surface area contributed by atoms with Crippen LogP contribution >= 0.6 is 0 Å². The van der Waals surface area contributed by atoms with E-state index in [-0.39, 0.29) is 11.7 Å². The third-order valence-corrected chi connectivity index (χ3v) is 6.07. The average Bonchev–Trinajstić information content (AvgIpc) is 2.96. The lowest BCUT2D eigenvalue weighted by Crippen LogP contribution is -2.25. The molecule has 0 aromatic heterocycles. The Hall–Kier alpha value is -2.54. The first-order valence-corrected chi connectivity index (χ1v) is 9.58. The molecule has 6 nitrogen and oxygen atoms in total. The predicted octanol–water partition coefficient (Wildman–Crippen LogP) is 2.80. The highest BCUT2D eigenvalue weighted by Crippen LogP contribution is 2.28. The van der Waals surface area contributed by atoms with Crippen molar-refractivity contribution in [2.45, 2.75) is 13.3 Å². The van der Waals surface area contributed by atoms with Crippen molar-refractivity contribution in [1.82, 2.24) is 0 Å². The van der Waals surface area contributed by atoms with Gasteiger partial charge >= 0.3 is 0 Å². The maximum atomic E-state index is 12.4. The molecule has 0 spiro atoms. The molecule has 1 aliphatic rings. The van der Waals surface area contributed by atoms with Crippen LogP contribution in [0.3, 0.4) is 0 Å². The van der Waals surface area contributed by atoms with Gasteiger partial charge in [0.25, 0.3) is 5.91 Å². The molecule has 1 aliphatic heterocycles. The summed E-state index contributed by atoms with van der Waals surface area (Å²) in [6, 6.07) is 12.1. The third kappa shape index (κ3) is 3.61. The van der Waals surface area contributed by atoms with Crippen LogP contribution in [-0.4, -0.2) is 33.7 Å². The molecule has 0 atom stereocenters. The largest absolute Gasteiger partial charge is 0.497 e. The summed E-state index contributed by atoms with van der Waals surface area (Å²) >= 11 is 0. The van der Waals surface area contributed by atoms with Crippen molar-refractivity contribution in [3.05, 3.63) is 53.6 Å². The number of rotatable bonds is 4. The Morgan fingerprint density at radius 3 is 2.44 bits per heavy atom.